The summed E-state index contributed by atoms with van der Waals surface area (Å²) in [4.78, 5) is 70.8. The third-order valence-electron chi connectivity index (χ3n) is 9.12. The number of aliphatic hydroxyl groups is 1. The number of hydrogen-bond acceptors (Lipinski definition) is 9. The van der Waals surface area contributed by atoms with E-state index in [0.29, 0.717) is 22.4 Å². The van der Waals surface area contributed by atoms with E-state index in [1.54, 1.807) is 51.4 Å². The molecular formula is C30H33N3O7. The van der Waals surface area contributed by atoms with Gasteiger partial charge in [-0.2, -0.15) is 0 Å². The molecular weight excluding hydrogens is 514 g/mol. The molecule has 0 radical (unpaired) electrons. The van der Waals surface area contributed by atoms with E-state index >= 15 is 0 Å². The molecule has 7 atom stereocenters. The number of carbonyl (C=O) groups is 5. The van der Waals surface area contributed by atoms with Gasteiger partial charge in [0.05, 0.1) is 17.5 Å². The molecule has 2 fully saturated rings. The predicted octanol–water partition coefficient (Wildman–Crippen LogP) is 0.846. The van der Waals surface area contributed by atoms with Gasteiger partial charge >= 0.3 is 0 Å². The van der Waals surface area contributed by atoms with Crippen molar-refractivity contribution in [3.8, 4) is 16.9 Å². The Kier molecular flexibility index (Phi) is 6.47. The standard InChI is InChI=1S/C30H33N3O7/c1-13-15-11-17-18(32(2)3)12-16(14-9-7-6-8-10-14)24(34)19(17)25(35)20(15)27(37)30(40)22(13)23(33(4)5)26(36)21(28(30)38)29(31)39/h6-10,12-13,15,20-23,34,40H,11H2,1-5H3,(H2,31,39)/t13-,15-,20?,21?,22-,23-,30-/m1/s1. The smallest absolute Gasteiger partial charge is 0.235 e. The van der Waals surface area contributed by atoms with E-state index in [1.807, 2.05) is 25.1 Å². The summed E-state index contributed by atoms with van der Waals surface area (Å²) in [6.45, 7) is 1.72. The van der Waals surface area contributed by atoms with Gasteiger partial charge in [-0.15, -0.1) is 0 Å². The Labute approximate surface area is 231 Å². The zero-order valence-electron chi connectivity index (χ0n) is 23.0. The van der Waals surface area contributed by atoms with E-state index in [0.717, 1.165) is 0 Å². The minimum absolute atomic E-state index is 0.0242. The molecule has 2 aromatic carbocycles. The van der Waals surface area contributed by atoms with Gasteiger partial charge < -0.3 is 20.8 Å². The van der Waals surface area contributed by atoms with E-state index in [9.17, 15) is 34.2 Å². The number of aromatic hydroxyl groups is 1. The van der Waals surface area contributed by atoms with Crippen molar-refractivity contribution in [3.05, 3.63) is 47.5 Å². The number of phenolic OH excluding ortho intramolecular Hbond substituents is 1. The zero-order chi connectivity index (χ0) is 29.4. The lowest BCUT2D eigenvalue weighted by molar-refractivity contribution is -0.187. The topological polar surface area (TPSA) is 158 Å². The van der Waals surface area contributed by atoms with Gasteiger partial charge in [0.1, 0.15) is 5.75 Å². The van der Waals surface area contributed by atoms with Gasteiger partial charge in [-0.3, -0.25) is 28.9 Å². The fraction of sp³-hybridized carbons (Fsp3) is 0.433. The van der Waals surface area contributed by atoms with Gasteiger partial charge in [-0.25, -0.2) is 0 Å². The highest BCUT2D eigenvalue weighted by Gasteiger charge is 2.71. The normalized spacial score (nSPS) is 31.5. The van der Waals surface area contributed by atoms with Gasteiger partial charge in [-0.1, -0.05) is 37.3 Å². The second kappa shape index (κ2) is 9.35. The number of fused-ring (bicyclic) bond motifs is 3. The largest absolute Gasteiger partial charge is 0.507 e. The molecule has 3 aliphatic rings. The van der Waals surface area contributed by atoms with Crippen LogP contribution in [0.25, 0.3) is 11.1 Å². The minimum Gasteiger partial charge on any atom is -0.507 e. The molecule has 0 spiro atoms. The van der Waals surface area contributed by atoms with Crippen LogP contribution >= 0.6 is 0 Å². The number of carbonyl (C=O) groups excluding carboxylic acids is 5. The Morgan fingerprint density at radius 3 is 2.20 bits per heavy atom. The van der Waals surface area contributed by atoms with Crippen LogP contribution < -0.4 is 10.6 Å². The predicted molar refractivity (Wildman–Crippen MR) is 146 cm³/mol. The molecule has 0 bridgehead atoms. The van der Waals surface area contributed by atoms with Crippen LogP contribution in [0, 0.1) is 29.6 Å². The van der Waals surface area contributed by atoms with Crippen LogP contribution in [0.2, 0.25) is 0 Å². The number of primary amides is 1. The quantitative estimate of drug-likeness (QED) is 0.472. The first-order chi connectivity index (χ1) is 18.7. The number of hydrogen-bond donors (Lipinski definition) is 3. The summed E-state index contributed by atoms with van der Waals surface area (Å²) in [7, 11) is 6.76. The van der Waals surface area contributed by atoms with Crippen molar-refractivity contribution in [1.29, 1.82) is 0 Å². The number of phenols is 1. The van der Waals surface area contributed by atoms with E-state index in [1.165, 1.54) is 4.90 Å². The first kappa shape index (κ1) is 27.7. The average molecular weight is 548 g/mol. The molecule has 40 heavy (non-hydrogen) atoms. The van der Waals surface area contributed by atoms with Crippen LogP contribution in [-0.2, 0) is 25.6 Å². The van der Waals surface area contributed by atoms with Crippen molar-refractivity contribution in [2.75, 3.05) is 33.1 Å². The van der Waals surface area contributed by atoms with Crippen molar-refractivity contribution >= 4 is 34.7 Å². The molecule has 5 rings (SSSR count). The van der Waals surface area contributed by atoms with Gasteiger partial charge in [-0.05, 0) is 49.5 Å². The van der Waals surface area contributed by atoms with E-state index in [-0.39, 0.29) is 17.7 Å². The number of Topliss-reactive ketones (excluding diaryl/α,β-unsaturated/α-hetero) is 4. The molecule has 2 saturated carbocycles. The highest BCUT2D eigenvalue weighted by Crippen LogP contribution is 2.55. The summed E-state index contributed by atoms with van der Waals surface area (Å²) in [5.41, 5.74) is 4.93. The second-order valence-electron chi connectivity index (χ2n) is 11.6. The second-order valence-corrected chi connectivity index (χ2v) is 11.6. The van der Waals surface area contributed by atoms with Crippen LogP contribution in [0.3, 0.4) is 0 Å². The summed E-state index contributed by atoms with van der Waals surface area (Å²) in [6.07, 6.45) is 0.198. The monoisotopic (exact) mass is 547 g/mol. The Balaban J connectivity index is 1.73. The molecule has 10 heteroatoms. The first-order valence-corrected chi connectivity index (χ1v) is 13.2. The lowest BCUT2D eigenvalue weighted by Gasteiger charge is -2.55. The van der Waals surface area contributed by atoms with Crippen LogP contribution in [0.4, 0.5) is 5.69 Å². The lowest BCUT2D eigenvalue weighted by Crippen LogP contribution is -2.76. The summed E-state index contributed by atoms with van der Waals surface area (Å²) >= 11 is 0. The van der Waals surface area contributed by atoms with Crippen LogP contribution in [0.1, 0.15) is 22.8 Å². The Morgan fingerprint density at radius 2 is 1.65 bits per heavy atom. The number of benzene rings is 2. The SMILES string of the molecule is C[C@H]1[C@@H]2[C@@H](N(C)C)C(=O)C(C(N)=O)C(=O)[C@]2(O)C(=O)C2C(=O)c3c(O)c(-c4ccccc4)cc(N(C)C)c3C[C@@H]21. The third kappa shape index (κ3) is 3.59. The number of amides is 1. The van der Waals surface area contributed by atoms with E-state index in [4.69, 9.17) is 5.73 Å². The number of nitrogens with two attached hydrogens (primary N) is 1. The van der Waals surface area contributed by atoms with E-state index in [2.05, 4.69) is 0 Å². The van der Waals surface area contributed by atoms with Crippen LogP contribution in [-0.4, -0.2) is 84.0 Å². The maximum Gasteiger partial charge on any atom is 0.235 e. The van der Waals surface area contributed by atoms with Crippen molar-refractivity contribution in [2.24, 2.45) is 35.3 Å². The third-order valence-corrected chi connectivity index (χ3v) is 9.12. The average Bonchev–Trinajstić information content (AvgIpc) is 2.88. The molecule has 4 N–H and O–H groups in total. The van der Waals surface area contributed by atoms with Gasteiger partial charge in [0.15, 0.2) is 34.7 Å². The van der Waals surface area contributed by atoms with Crippen molar-refractivity contribution in [2.45, 2.75) is 25.0 Å². The maximum atomic E-state index is 14.2. The molecule has 0 saturated heterocycles. The first-order valence-electron chi connectivity index (χ1n) is 13.2. The Bertz CT molecular complexity index is 1470. The Morgan fingerprint density at radius 1 is 1.02 bits per heavy atom. The summed E-state index contributed by atoms with van der Waals surface area (Å²) < 4.78 is 0. The van der Waals surface area contributed by atoms with Gasteiger partial charge in [0, 0.05) is 31.3 Å². The molecule has 0 aromatic heterocycles. The molecule has 1 amide bonds. The highest BCUT2D eigenvalue weighted by molar-refractivity contribution is 6.32. The summed E-state index contributed by atoms with van der Waals surface area (Å²) in [5, 5.41) is 23.3. The highest BCUT2D eigenvalue weighted by atomic mass is 16.3. The van der Waals surface area contributed by atoms with Gasteiger partial charge in [0.2, 0.25) is 5.91 Å². The number of likely N-dealkylation sites (N-methyl/N-ethyl adjacent to an activating group) is 1. The van der Waals surface area contributed by atoms with Crippen LogP contribution in [0.15, 0.2) is 36.4 Å². The fourth-order valence-corrected chi connectivity index (χ4v) is 7.31. The number of nitrogens with zero attached hydrogens (tertiary/aromatic N) is 2. The van der Waals surface area contributed by atoms with E-state index < -0.39 is 70.3 Å². The fourth-order valence-electron chi connectivity index (χ4n) is 7.31. The molecule has 2 aromatic rings. The van der Waals surface area contributed by atoms with Crippen molar-refractivity contribution < 1.29 is 34.2 Å². The molecule has 3 aliphatic carbocycles. The van der Waals surface area contributed by atoms with Crippen molar-refractivity contribution in [1.82, 2.24) is 4.90 Å². The summed E-state index contributed by atoms with van der Waals surface area (Å²) in [5.74, 6) is -11.3. The number of rotatable bonds is 4. The number of ketones is 4. The molecule has 0 aliphatic heterocycles. The van der Waals surface area contributed by atoms with Crippen molar-refractivity contribution in [3.63, 3.8) is 0 Å². The molecule has 10 nitrogen and oxygen atoms in total. The number of anilines is 1. The zero-order valence-corrected chi connectivity index (χ0v) is 23.0. The molecule has 0 heterocycles. The summed E-state index contributed by atoms with van der Waals surface area (Å²) in [6, 6.07) is 9.66. The van der Waals surface area contributed by atoms with Gasteiger partial charge in [0.25, 0.3) is 0 Å². The van der Waals surface area contributed by atoms with Crippen LogP contribution in [0.5, 0.6) is 5.75 Å². The minimum atomic E-state index is -2.77. The lowest BCUT2D eigenvalue weighted by atomic mass is 9.48. The molecule has 210 valence electrons. The maximum absolute atomic E-state index is 14.2. The Hall–Kier alpha value is -3.89. The molecule has 2 unspecified atom stereocenters.